The van der Waals surface area contributed by atoms with Gasteiger partial charge in [0.15, 0.2) is 0 Å². The Kier molecular flexibility index (Phi) is 3.77. The van der Waals surface area contributed by atoms with Crippen molar-refractivity contribution in [3.63, 3.8) is 0 Å². The lowest BCUT2D eigenvalue weighted by atomic mass is 10.3. The van der Waals surface area contributed by atoms with Crippen LogP contribution < -0.4 is 0 Å². The third-order valence-electron chi connectivity index (χ3n) is 2.60. The number of nitro benzene ring substituents is 1. The first-order chi connectivity index (χ1) is 9.58. The molecule has 1 unspecified atom stereocenters. The molecule has 0 fully saturated rings. The maximum Gasteiger partial charge on any atom is 0.269 e. The van der Waals surface area contributed by atoms with Crippen molar-refractivity contribution in [1.82, 2.24) is 0 Å². The van der Waals surface area contributed by atoms with E-state index in [0.29, 0.717) is 4.90 Å². The summed E-state index contributed by atoms with van der Waals surface area (Å²) in [4.78, 5) is 10.7. The minimum absolute atomic E-state index is 0.111. The van der Waals surface area contributed by atoms with Gasteiger partial charge in [0.1, 0.15) is 9.73 Å². The lowest BCUT2D eigenvalue weighted by molar-refractivity contribution is -0.384. The zero-order valence-corrected chi connectivity index (χ0v) is 11.0. The van der Waals surface area contributed by atoms with Gasteiger partial charge in [-0.1, -0.05) is 18.2 Å². The maximum atomic E-state index is 12.9. The monoisotopic (exact) mass is 287 g/mol. The van der Waals surface area contributed by atoms with Crippen LogP contribution in [0.5, 0.6) is 0 Å². The molecule has 6 nitrogen and oxygen atoms in total. The summed E-state index contributed by atoms with van der Waals surface area (Å²) in [6, 6.07) is 13.5. The molecule has 1 atom stereocenters. The molecule has 100 valence electrons. The Bertz CT molecular complexity index is 786. The van der Waals surface area contributed by atoms with Crippen LogP contribution >= 0.6 is 0 Å². The van der Waals surface area contributed by atoms with Crippen LogP contribution in [-0.4, -0.2) is 9.13 Å². The van der Waals surface area contributed by atoms with E-state index in [0.717, 1.165) is 0 Å². The van der Waals surface area contributed by atoms with Gasteiger partial charge in [-0.05, 0) is 24.3 Å². The molecule has 2 rings (SSSR count). The number of non-ortho nitro benzene ring substituents is 1. The molecule has 0 amide bonds. The van der Waals surface area contributed by atoms with Crippen LogP contribution in [0.4, 0.5) is 5.69 Å². The molecule has 0 saturated heterocycles. The molecule has 0 spiro atoms. The minimum Gasteiger partial charge on any atom is -0.258 e. The Labute approximate surface area is 115 Å². The summed E-state index contributed by atoms with van der Waals surface area (Å²) < 4.78 is 16.4. The van der Waals surface area contributed by atoms with Crippen LogP contribution in [0.1, 0.15) is 0 Å². The predicted octanol–water partition coefficient (Wildman–Crippen LogP) is 2.96. The van der Waals surface area contributed by atoms with E-state index in [2.05, 4.69) is 4.36 Å². The van der Waals surface area contributed by atoms with Gasteiger partial charge >= 0.3 is 0 Å². The quantitative estimate of drug-likeness (QED) is 0.492. The largest absolute Gasteiger partial charge is 0.269 e. The molecule has 0 aliphatic heterocycles. The van der Waals surface area contributed by atoms with E-state index in [1.54, 1.807) is 36.5 Å². The van der Waals surface area contributed by atoms with Gasteiger partial charge in [0.2, 0.25) is 6.19 Å². The molecule has 0 bridgehead atoms. The van der Waals surface area contributed by atoms with Gasteiger partial charge in [-0.2, -0.15) is 5.26 Å². The van der Waals surface area contributed by atoms with Crippen molar-refractivity contribution in [2.75, 3.05) is 0 Å². The average Bonchev–Trinajstić information content (AvgIpc) is 2.48. The first-order valence-electron chi connectivity index (χ1n) is 5.53. The fourth-order valence-corrected chi connectivity index (χ4v) is 3.29. The van der Waals surface area contributed by atoms with Gasteiger partial charge in [0.25, 0.3) is 5.69 Å². The van der Waals surface area contributed by atoms with Crippen LogP contribution in [0, 0.1) is 21.6 Å². The average molecular weight is 287 g/mol. The zero-order valence-electron chi connectivity index (χ0n) is 10.2. The molecule has 2 aromatic rings. The van der Waals surface area contributed by atoms with E-state index in [1.165, 1.54) is 24.3 Å². The summed E-state index contributed by atoms with van der Waals surface area (Å²) in [6.07, 6.45) is 1.56. The second-order valence-corrected chi connectivity index (χ2v) is 5.96. The number of benzene rings is 2. The lowest BCUT2D eigenvalue weighted by Crippen LogP contribution is -2.01. The van der Waals surface area contributed by atoms with Gasteiger partial charge < -0.3 is 0 Å². The van der Waals surface area contributed by atoms with E-state index in [-0.39, 0.29) is 10.6 Å². The van der Waals surface area contributed by atoms with Gasteiger partial charge in [-0.3, -0.25) is 10.1 Å². The number of nitriles is 1. The molecule has 0 aliphatic carbocycles. The molecular formula is C13H9N3O3S. The smallest absolute Gasteiger partial charge is 0.258 e. The predicted molar refractivity (Wildman–Crippen MR) is 72.3 cm³/mol. The second-order valence-electron chi connectivity index (χ2n) is 3.78. The van der Waals surface area contributed by atoms with Crippen LogP contribution in [0.25, 0.3) is 0 Å². The second kappa shape index (κ2) is 5.50. The van der Waals surface area contributed by atoms with E-state index in [4.69, 9.17) is 5.26 Å². The third-order valence-corrected chi connectivity index (χ3v) is 4.76. The highest BCUT2D eigenvalue weighted by Crippen LogP contribution is 2.25. The number of nitro groups is 1. The van der Waals surface area contributed by atoms with E-state index >= 15 is 0 Å². The summed E-state index contributed by atoms with van der Waals surface area (Å²) in [7, 11) is -3.10. The Hall–Kier alpha value is -2.72. The Morgan fingerprint density at radius 2 is 1.60 bits per heavy atom. The summed E-state index contributed by atoms with van der Waals surface area (Å²) in [6.45, 7) is 0. The van der Waals surface area contributed by atoms with Crippen molar-refractivity contribution in [3.05, 3.63) is 64.7 Å². The molecule has 0 heterocycles. The summed E-state index contributed by atoms with van der Waals surface area (Å²) in [5.41, 5.74) is -0.111. The molecular weight excluding hydrogens is 278 g/mol. The van der Waals surface area contributed by atoms with E-state index in [9.17, 15) is 14.3 Å². The Balaban J connectivity index is 2.62. The van der Waals surface area contributed by atoms with Crippen molar-refractivity contribution in [2.45, 2.75) is 9.79 Å². The van der Waals surface area contributed by atoms with Crippen LogP contribution in [0.3, 0.4) is 0 Å². The number of hydrogen-bond acceptors (Lipinski definition) is 5. The first-order valence-corrected chi connectivity index (χ1v) is 7.04. The highest BCUT2D eigenvalue weighted by atomic mass is 32.2. The molecule has 0 saturated carbocycles. The van der Waals surface area contributed by atoms with Gasteiger partial charge in [-0.15, -0.1) is 4.36 Å². The van der Waals surface area contributed by atoms with Gasteiger partial charge in [0, 0.05) is 12.1 Å². The third kappa shape index (κ3) is 2.50. The first kappa shape index (κ1) is 13.7. The van der Waals surface area contributed by atoms with Gasteiger partial charge in [-0.25, -0.2) is 4.21 Å². The number of hydrogen-bond donors (Lipinski definition) is 0. The molecule has 7 heteroatoms. The molecule has 2 aromatic carbocycles. The molecule has 0 N–H and O–H groups in total. The van der Waals surface area contributed by atoms with Crippen molar-refractivity contribution in [3.8, 4) is 6.19 Å². The summed E-state index contributed by atoms with van der Waals surface area (Å²) in [5, 5.41) is 19.4. The fourth-order valence-electron chi connectivity index (χ4n) is 1.66. The number of nitrogens with zero attached hydrogens (tertiary/aromatic N) is 3. The van der Waals surface area contributed by atoms with Crippen molar-refractivity contribution in [1.29, 1.82) is 5.26 Å². The normalized spacial score (nSPS) is 12.9. The minimum atomic E-state index is -3.10. The fraction of sp³-hybridized carbons (Fsp3) is 0. The van der Waals surface area contributed by atoms with Crippen molar-refractivity contribution >= 4 is 15.4 Å². The standard InChI is InChI=1S/C13H9N3O3S/c14-10-15-20(19,12-4-2-1-3-5-12)13-8-6-11(7-9-13)16(17)18/h1-9H. The van der Waals surface area contributed by atoms with E-state index in [1.807, 2.05) is 0 Å². The zero-order chi connectivity index (χ0) is 14.6. The lowest BCUT2D eigenvalue weighted by Gasteiger charge is -2.08. The van der Waals surface area contributed by atoms with Crippen LogP contribution in [0.15, 0.2) is 68.8 Å². The number of rotatable bonds is 3. The Morgan fingerprint density at radius 3 is 2.10 bits per heavy atom. The van der Waals surface area contributed by atoms with Crippen LogP contribution in [0.2, 0.25) is 0 Å². The summed E-state index contributed by atoms with van der Waals surface area (Å²) >= 11 is 0. The summed E-state index contributed by atoms with van der Waals surface area (Å²) in [5.74, 6) is 0. The molecule has 0 aromatic heterocycles. The van der Waals surface area contributed by atoms with E-state index < -0.39 is 14.7 Å². The molecule has 0 radical (unpaired) electrons. The maximum absolute atomic E-state index is 12.9. The van der Waals surface area contributed by atoms with Crippen molar-refractivity contribution in [2.24, 2.45) is 4.36 Å². The highest BCUT2D eigenvalue weighted by molar-refractivity contribution is 7.93. The van der Waals surface area contributed by atoms with Gasteiger partial charge in [0.05, 0.1) is 14.7 Å². The topological polar surface area (TPSA) is 96.4 Å². The Morgan fingerprint density at radius 1 is 1.05 bits per heavy atom. The molecule has 0 aliphatic rings. The van der Waals surface area contributed by atoms with Crippen molar-refractivity contribution < 1.29 is 9.13 Å². The SMILES string of the molecule is N#CN=S(=O)(c1ccccc1)c1ccc([N+](=O)[O-])cc1. The van der Waals surface area contributed by atoms with Crippen LogP contribution in [-0.2, 0) is 9.73 Å². The molecule has 20 heavy (non-hydrogen) atoms. The highest BCUT2D eigenvalue weighted by Gasteiger charge is 2.17.